The van der Waals surface area contributed by atoms with Crippen LogP contribution >= 0.6 is 0 Å². The highest BCUT2D eigenvalue weighted by Crippen LogP contribution is 2.35. The summed E-state index contributed by atoms with van der Waals surface area (Å²) in [6, 6.07) is 17.3. The molecule has 0 amide bonds. The Kier molecular flexibility index (Phi) is 10.3. The van der Waals surface area contributed by atoms with Gasteiger partial charge < -0.3 is 0 Å². The summed E-state index contributed by atoms with van der Waals surface area (Å²) in [6.45, 7) is 16.9. The van der Waals surface area contributed by atoms with Crippen LogP contribution in [-0.2, 0) is 6.42 Å². The van der Waals surface area contributed by atoms with E-state index in [4.69, 9.17) is 0 Å². The van der Waals surface area contributed by atoms with Crippen LogP contribution in [-0.4, -0.2) is 0 Å². The quantitative estimate of drug-likeness (QED) is 0.398. The largest absolute Gasteiger partial charge is 0.0683 e. The van der Waals surface area contributed by atoms with Gasteiger partial charge in [-0.2, -0.15) is 0 Å². The Labute approximate surface area is 145 Å². The molecule has 0 nitrogen and oxygen atoms in total. The van der Waals surface area contributed by atoms with E-state index >= 15 is 0 Å². The van der Waals surface area contributed by atoms with Crippen molar-refractivity contribution in [2.75, 3.05) is 0 Å². The van der Waals surface area contributed by atoms with Gasteiger partial charge >= 0.3 is 0 Å². The van der Waals surface area contributed by atoms with Gasteiger partial charge in [-0.3, -0.25) is 0 Å². The Balaban J connectivity index is 0.000000416. The normalized spacial score (nSPS) is 10.6. The van der Waals surface area contributed by atoms with Crippen LogP contribution in [0.25, 0.3) is 11.1 Å². The first kappa shape index (κ1) is 21.4. The van der Waals surface area contributed by atoms with Crippen molar-refractivity contribution in [3.05, 3.63) is 59.7 Å². The molecule has 0 aromatic heterocycles. The van der Waals surface area contributed by atoms with Gasteiger partial charge in [0.25, 0.3) is 0 Å². The molecule has 0 heterocycles. The maximum Gasteiger partial charge on any atom is -0.00135 e. The van der Waals surface area contributed by atoms with Crippen molar-refractivity contribution in [1.82, 2.24) is 0 Å². The molecule has 1 aliphatic rings. The molecule has 0 N–H and O–H groups in total. The van der Waals surface area contributed by atoms with E-state index in [0.29, 0.717) is 5.41 Å². The molecular formula is C23H36. The molecule has 0 bridgehead atoms. The second-order valence-electron chi connectivity index (χ2n) is 6.41. The van der Waals surface area contributed by atoms with Gasteiger partial charge in [-0.1, -0.05) is 110 Å². The maximum absolute atomic E-state index is 2.24. The molecule has 3 rings (SSSR count). The van der Waals surface area contributed by atoms with Gasteiger partial charge in [-0.25, -0.2) is 0 Å². The summed E-state index contributed by atoms with van der Waals surface area (Å²) >= 11 is 0. The average Bonchev–Trinajstić information content (AvgIpc) is 2.97. The van der Waals surface area contributed by atoms with Crippen LogP contribution in [0.3, 0.4) is 0 Å². The third kappa shape index (κ3) is 7.03. The number of hydrogen-bond acceptors (Lipinski definition) is 0. The van der Waals surface area contributed by atoms with Crippen molar-refractivity contribution < 1.29 is 0 Å². The highest BCUT2D eigenvalue weighted by molar-refractivity contribution is 5.76. The monoisotopic (exact) mass is 312 g/mol. The fourth-order valence-corrected chi connectivity index (χ4v) is 2.08. The number of fused-ring (bicyclic) bond motifs is 3. The van der Waals surface area contributed by atoms with Crippen molar-refractivity contribution in [2.45, 2.75) is 68.2 Å². The molecule has 0 aliphatic heterocycles. The molecule has 23 heavy (non-hydrogen) atoms. The lowest BCUT2D eigenvalue weighted by molar-refractivity contribution is 0.398. The highest BCUT2D eigenvalue weighted by atomic mass is 14.2. The zero-order chi connectivity index (χ0) is 17.9. The van der Waals surface area contributed by atoms with Crippen LogP contribution in [0.2, 0.25) is 0 Å². The molecule has 0 fully saturated rings. The summed E-state index contributed by atoms with van der Waals surface area (Å²) in [4.78, 5) is 0. The van der Waals surface area contributed by atoms with Crippen LogP contribution in [0.5, 0.6) is 0 Å². The number of benzene rings is 2. The summed E-state index contributed by atoms with van der Waals surface area (Å²) in [5, 5.41) is 0. The fraction of sp³-hybridized carbons (Fsp3) is 0.478. The Bertz CT molecular complexity index is 500. The predicted molar refractivity (Wildman–Crippen MR) is 107 cm³/mol. The van der Waals surface area contributed by atoms with Gasteiger partial charge in [0.2, 0.25) is 0 Å². The Morgan fingerprint density at radius 3 is 1.30 bits per heavy atom. The second kappa shape index (κ2) is 11.0. The topological polar surface area (TPSA) is 0 Å². The van der Waals surface area contributed by atoms with Crippen molar-refractivity contribution >= 4 is 0 Å². The van der Waals surface area contributed by atoms with Crippen molar-refractivity contribution in [3.63, 3.8) is 0 Å². The van der Waals surface area contributed by atoms with Crippen LogP contribution in [0, 0.1) is 5.41 Å². The smallest absolute Gasteiger partial charge is 0.00135 e. The van der Waals surface area contributed by atoms with E-state index in [9.17, 15) is 0 Å². The van der Waals surface area contributed by atoms with E-state index in [0.717, 1.165) is 6.42 Å². The predicted octanol–water partition coefficient (Wildman–Crippen LogP) is 7.75. The Hall–Kier alpha value is -1.56. The standard InChI is InChI=1S/C13H10.C6H14.2C2H6/c1-3-7-12-10(5-1)9-11-6-2-4-8-13(11)12;1-5-6(2,3)4;2*1-2/h1-8H,9H2;5H2,1-4H3;2*1-2H3. The SMILES string of the molecule is CC.CC.CCC(C)(C)C.c1ccc2c(c1)Cc1ccccc1-2. The molecule has 0 spiro atoms. The Morgan fingerprint density at radius 1 is 0.696 bits per heavy atom. The lowest BCUT2D eigenvalue weighted by atomic mass is 9.94. The first-order valence-electron chi connectivity index (χ1n) is 9.17. The van der Waals surface area contributed by atoms with Gasteiger partial charge in [0.1, 0.15) is 0 Å². The summed E-state index contributed by atoms with van der Waals surface area (Å²) < 4.78 is 0. The zero-order valence-corrected chi connectivity index (χ0v) is 16.5. The summed E-state index contributed by atoms with van der Waals surface area (Å²) in [7, 11) is 0. The number of hydrogen-bond donors (Lipinski definition) is 0. The minimum Gasteiger partial charge on any atom is -0.0683 e. The van der Waals surface area contributed by atoms with Gasteiger partial charge in [0, 0.05) is 0 Å². The van der Waals surface area contributed by atoms with Crippen LogP contribution < -0.4 is 0 Å². The van der Waals surface area contributed by atoms with Crippen molar-refractivity contribution in [3.8, 4) is 11.1 Å². The fourth-order valence-electron chi connectivity index (χ4n) is 2.08. The van der Waals surface area contributed by atoms with Gasteiger partial charge in [-0.05, 0) is 34.1 Å². The molecule has 0 saturated carbocycles. The molecule has 0 radical (unpaired) electrons. The van der Waals surface area contributed by atoms with Crippen LogP contribution in [0.1, 0.15) is 72.9 Å². The second-order valence-corrected chi connectivity index (χ2v) is 6.41. The van der Waals surface area contributed by atoms with Crippen LogP contribution in [0.15, 0.2) is 48.5 Å². The molecule has 2 aromatic carbocycles. The summed E-state index contributed by atoms with van der Waals surface area (Å²) in [5.41, 5.74) is 6.30. The molecule has 0 unspecified atom stereocenters. The molecule has 128 valence electrons. The molecule has 2 aromatic rings. The van der Waals surface area contributed by atoms with Gasteiger partial charge in [0.05, 0.1) is 0 Å². The van der Waals surface area contributed by atoms with E-state index in [1.165, 1.54) is 28.7 Å². The number of rotatable bonds is 0. The van der Waals surface area contributed by atoms with E-state index in [1.807, 2.05) is 27.7 Å². The van der Waals surface area contributed by atoms with Gasteiger partial charge in [0.15, 0.2) is 0 Å². The molecule has 0 atom stereocenters. The molecule has 1 aliphatic carbocycles. The third-order valence-electron chi connectivity index (χ3n) is 3.77. The Morgan fingerprint density at radius 2 is 1.00 bits per heavy atom. The molecule has 0 saturated heterocycles. The van der Waals surface area contributed by atoms with Gasteiger partial charge in [-0.15, -0.1) is 0 Å². The van der Waals surface area contributed by atoms with E-state index in [1.54, 1.807) is 0 Å². The molecular weight excluding hydrogens is 276 g/mol. The summed E-state index contributed by atoms with van der Waals surface area (Å²) in [5.74, 6) is 0. The van der Waals surface area contributed by atoms with Crippen LogP contribution in [0.4, 0.5) is 0 Å². The highest BCUT2D eigenvalue weighted by Gasteiger charge is 2.15. The van der Waals surface area contributed by atoms with Crippen molar-refractivity contribution in [1.29, 1.82) is 0 Å². The van der Waals surface area contributed by atoms with E-state index < -0.39 is 0 Å². The lowest BCUT2D eigenvalue weighted by Crippen LogP contribution is -2.00. The lowest BCUT2D eigenvalue weighted by Gasteiger charge is -2.12. The molecule has 0 heteroatoms. The maximum atomic E-state index is 2.24. The average molecular weight is 313 g/mol. The summed E-state index contributed by atoms with van der Waals surface area (Å²) in [6.07, 6.45) is 2.37. The van der Waals surface area contributed by atoms with E-state index in [2.05, 4.69) is 76.2 Å². The zero-order valence-electron chi connectivity index (χ0n) is 16.5. The third-order valence-corrected chi connectivity index (χ3v) is 3.77. The minimum absolute atomic E-state index is 0.542. The minimum atomic E-state index is 0.542. The van der Waals surface area contributed by atoms with E-state index in [-0.39, 0.29) is 0 Å². The van der Waals surface area contributed by atoms with Crippen molar-refractivity contribution in [2.24, 2.45) is 5.41 Å². The first-order valence-corrected chi connectivity index (χ1v) is 9.17. The first-order chi connectivity index (χ1) is 11.0.